The van der Waals surface area contributed by atoms with Crippen LogP contribution in [0.15, 0.2) is 24.3 Å². The van der Waals surface area contributed by atoms with E-state index in [1.807, 2.05) is 24.3 Å². The van der Waals surface area contributed by atoms with Crippen molar-refractivity contribution in [3.63, 3.8) is 0 Å². The predicted molar refractivity (Wildman–Crippen MR) is 78.9 cm³/mol. The van der Waals surface area contributed by atoms with E-state index >= 15 is 0 Å². The molecule has 0 aliphatic carbocycles. The normalized spacial score (nSPS) is 10.3. The zero-order valence-electron chi connectivity index (χ0n) is 12.2. The van der Waals surface area contributed by atoms with Crippen LogP contribution in [0.25, 0.3) is 0 Å². The summed E-state index contributed by atoms with van der Waals surface area (Å²) in [6.07, 6.45) is 1.73. The number of aromatic nitrogens is 3. The fourth-order valence-corrected chi connectivity index (χ4v) is 1.98. The molecule has 0 saturated heterocycles. The van der Waals surface area contributed by atoms with E-state index in [1.165, 1.54) is 0 Å². The van der Waals surface area contributed by atoms with Crippen molar-refractivity contribution < 1.29 is 4.74 Å². The monoisotopic (exact) mass is 272 g/mol. The molecule has 0 spiro atoms. The van der Waals surface area contributed by atoms with E-state index in [2.05, 4.69) is 34.3 Å². The summed E-state index contributed by atoms with van der Waals surface area (Å²) in [5.74, 6) is 1.42. The lowest BCUT2D eigenvalue weighted by atomic mass is 10.2. The summed E-state index contributed by atoms with van der Waals surface area (Å²) >= 11 is 0. The van der Waals surface area contributed by atoms with E-state index in [1.54, 1.807) is 7.11 Å². The van der Waals surface area contributed by atoms with Crippen molar-refractivity contribution in [3.8, 4) is 5.75 Å². The molecule has 0 bridgehead atoms. The Labute approximate surface area is 119 Å². The van der Waals surface area contributed by atoms with Crippen LogP contribution < -0.4 is 10.1 Å². The number of rotatable bonds is 6. The molecule has 20 heavy (non-hydrogen) atoms. The van der Waals surface area contributed by atoms with Crippen LogP contribution in [0.5, 0.6) is 5.75 Å². The van der Waals surface area contributed by atoms with Crippen LogP contribution in [0.4, 0.5) is 5.95 Å². The standard InChI is InChI=1S/C15H20N4O/c1-4-13-14(5-2)18-19-15(17-13)16-10-11-7-6-8-12(9-11)20-3/h6-9H,4-5,10H2,1-3H3,(H,16,17,19). The second-order valence-electron chi connectivity index (χ2n) is 4.44. The first-order chi connectivity index (χ1) is 9.76. The number of aryl methyl sites for hydroxylation is 2. The highest BCUT2D eigenvalue weighted by Crippen LogP contribution is 2.14. The van der Waals surface area contributed by atoms with Crippen LogP contribution in [0.2, 0.25) is 0 Å². The third-order valence-corrected chi connectivity index (χ3v) is 3.09. The van der Waals surface area contributed by atoms with Crippen LogP contribution in [-0.4, -0.2) is 22.3 Å². The molecule has 2 aromatic rings. The number of benzene rings is 1. The van der Waals surface area contributed by atoms with Gasteiger partial charge in [0.15, 0.2) is 0 Å². The molecule has 0 amide bonds. The van der Waals surface area contributed by atoms with Gasteiger partial charge in [0.2, 0.25) is 5.95 Å². The van der Waals surface area contributed by atoms with E-state index in [9.17, 15) is 0 Å². The maximum absolute atomic E-state index is 5.20. The summed E-state index contributed by atoms with van der Waals surface area (Å²) in [4.78, 5) is 4.50. The maximum atomic E-state index is 5.20. The lowest BCUT2D eigenvalue weighted by molar-refractivity contribution is 0.414. The molecule has 1 N–H and O–H groups in total. The average molecular weight is 272 g/mol. The molecule has 0 saturated carbocycles. The van der Waals surface area contributed by atoms with Crippen LogP contribution >= 0.6 is 0 Å². The minimum absolute atomic E-state index is 0.571. The zero-order valence-corrected chi connectivity index (χ0v) is 12.2. The van der Waals surface area contributed by atoms with Crippen LogP contribution in [0, 0.1) is 0 Å². The Morgan fingerprint density at radius 3 is 2.60 bits per heavy atom. The molecule has 2 rings (SSSR count). The van der Waals surface area contributed by atoms with Crippen LogP contribution in [0.3, 0.4) is 0 Å². The summed E-state index contributed by atoms with van der Waals surface area (Å²) in [7, 11) is 1.66. The molecule has 1 aromatic heterocycles. The second-order valence-corrected chi connectivity index (χ2v) is 4.44. The molecule has 1 aromatic carbocycles. The third kappa shape index (κ3) is 3.44. The summed E-state index contributed by atoms with van der Waals surface area (Å²) in [6, 6.07) is 7.91. The molecule has 1 heterocycles. The van der Waals surface area contributed by atoms with Crippen molar-refractivity contribution in [1.29, 1.82) is 0 Å². The lowest BCUT2D eigenvalue weighted by Gasteiger charge is -2.08. The highest BCUT2D eigenvalue weighted by atomic mass is 16.5. The van der Waals surface area contributed by atoms with Gasteiger partial charge in [-0.15, -0.1) is 5.10 Å². The van der Waals surface area contributed by atoms with Crippen molar-refractivity contribution in [1.82, 2.24) is 15.2 Å². The highest BCUT2D eigenvalue weighted by molar-refractivity contribution is 5.32. The Morgan fingerprint density at radius 1 is 1.10 bits per heavy atom. The van der Waals surface area contributed by atoms with Crippen molar-refractivity contribution in [2.24, 2.45) is 0 Å². The fourth-order valence-electron chi connectivity index (χ4n) is 1.98. The first-order valence-corrected chi connectivity index (χ1v) is 6.86. The van der Waals surface area contributed by atoms with Gasteiger partial charge in [0, 0.05) is 6.54 Å². The van der Waals surface area contributed by atoms with Crippen molar-refractivity contribution >= 4 is 5.95 Å². The Bertz CT molecular complexity index is 572. The van der Waals surface area contributed by atoms with E-state index in [4.69, 9.17) is 4.74 Å². The Kier molecular flexibility index (Phi) is 4.87. The molecule has 0 aliphatic rings. The topological polar surface area (TPSA) is 59.9 Å². The first-order valence-electron chi connectivity index (χ1n) is 6.86. The average Bonchev–Trinajstić information content (AvgIpc) is 2.52. The number of hydrogen-bond acceptors (Lipinski definition) is 5. The summed E-state index contributed by atoms with van der Waals surface area (Å²) in [5, 5.41) is 11.5. The molecule has 0 atom stereocenters. The van der Waals surface area contributed by atoms with Crippen molar-refractivity contribution in [3.05, 3.63) is 41.2 Å². The van der Waals surface area contributed by atoms with Gasteiger partial charge in [0.05, 0.1) is 18.5 Å². The highest BCUT2D eigenvalue weighted by Gasteiger charge is 2.06. The van der Waals surface area contributed by atoms with E-state index in [0.29, 0.717) is 12.5 Å². The summed E-state index contributed by atoms with van der Waals surface area (Å²) in [5.41, 5.74) is 3.10. The minimum atomic E-state index is 0.571. The third-order valence-electron chi connectivity index (χ3n) is 3.09. The molecular formula is C15H20N4O. The van der Waals surface area contributed by atoms with Crippen molar-refractivity contribution in [2.45, 2.75) is 33.2 Å². The van der Waals surface area contributed by atoms with Gasteiger partial charge >= 0.3 is 0 Å². The number of nitrogens with one attached hydrogen (secondary N) is 1. The van der Waals surface area contributed by atoms with Crippen molar-refractivity contribution in [2.75, 3.05) is 12.4 Å². The molecule has 5 nitrogen and oxygen atoms in total. The SMILES string of the molecule is CCc1nnc(NCc2cccc(OC)c2)nc1CC. The van der Waals surface area contributed by atoms with Gasteiger partial charge in [-0.2, -0.15) is 5.10 Å². The van der Waals surface area contributed by atoms with Gasteiger partial charge in [-0.05, 0) is 30.5 Å². The van der Waals surface area contributed by atoms with Crippen LogP contribution in [-0.2, 0) is 19.4 Å². The molecule has 106 valence electrons. The van der Waals surface area contributed by atoms with Gasteiger partial charge in [-0.1, -0.05) is 26.0 Å². The van der Waals surface area contributed by atoms with E-state index in [-0.39, 0.29) is 0 Å². The largest absolute Gasteiger partial charge is 0.497 e. The smallest absolute Gasteiger partial charge is 0.243 e. The fraction of sp³-hybridized carbons (Fsp3) is 0.400. The molecule has 0 fully saturated rings. The molecule has 0 aliphatic heterocycles. The molecule has 0 unspecified atom stereocenters. The minimum Gasteiger partial charge on any atom is -0.497 e. The van der Waals surface area contributed by atoms with Gasteiger partial charge in [-0.25, -0.2) is 4.98 Å². The van der Waals surface area contributed by atoms with E-state index < -0.39 is 0 Å². The lowest BCUT2D eigenvalue weighted by Crippen LogP contribution is -2.09. The Balaban J connectivity index is 2.06. The van der Waals surface area contributed by atoms with Gasteiger partial charge in [0.25, 0.3) is 0 Å². The quantitative estimate of drug-likeness (QED) is 0.876. The maximum Gasteiger partial charge on any atom is 0.243 e. The van der Waals surface area contributed by atoms with E-state index in [0.717, 1.165) is 35.5 Å². The number of anilines is 1. The van der Waals surface area contributed by atoms with Crippen LogP contribution in [0.1, 0.15) is 30.8 Å². The Hall–Kier alpha value is -2.17. The predicted octanol–water partition coefficient (Wildman–Crippen LogP) is 2.62. The van der Waals surface area contributed by atoms with Gasteiger partial charge in [-0.3, -0.25) is 0 Å². The summed E-state index contributed by atoms with van der Waals surface area (Å²) in [6.45, 7) is 4.79. The van der Waals surface area contributed by atoms with Gasteiger partial charge < -0.3 is 10.1 Å². The number of methoxy groups -OCH3 is 1. The molecule has 5 heteroatoms. The first kappa shape index (κ1) is 14.2. The molecule has 0 radical (unpaired) electrons. The number of ether oxygens (including phenoxy) is 1. The second kappa shape index (κ2) is 6.84. The summed E-state index contributed by atoms with van der Waals surface area (Å²) < 4.78 is 5.20. The number of hydrogen-bond donors (Lipinski definition) is 1. The van der Waals surface area contributed by atoms with Gasteiger partial charge in [0.1, 0.15) is 5.75 Å². The zero-order chi connectivity index (χ0) is 14.4. The number of nitrogens with zero attached hydrogens (tertiary/aromatic N) is 3. The molecular weight excluding hydrogens is 252 g/mol. The Morgan fingerprint density at radius 2 is 1.90 bits per heavy atom.